The lowest BCUT2D eigenvalue weighted by atomic mass is 9.81. The second-order valence-corrected chi connectivity index (χ2v) is 7.09. The molecule has 2 heterocycles. The van der Waals surface area contributed by atoms with Gasteiger partial charge in [0, 0.05) is 12.3 Å². The van der Waals surface area contributed by atoms with E-state index in [1.165, 1.54) is 16.7 Å². The van der Waals surface area contributed by atoms with Gasteiger partial charge in [0.2, 0.25) is 5.91 Å². The molecule has 2 unspecified atom stereocenters. The number of phenols is 2. The quantitative estimate of drug-likeness (QED) is 0.449. The van der Waals surface area contributed by atoms with Gasteiger partial charge in [-0.25, -0.2) is 8.78 Å². The molecule has 2 aliphatic rings. The number of carboxylic acid groups (broad SMARTS) is 1. The Hall–Kier alpha value is -2.07. The molecule has 2 aliphatic heterocycles. The van der Waals surface area contributed by atoms with Gasteiger partial charge in [-0.2, -0.15) is 0 Å². The Bertz CT molecular complexity index is 746. The summed E-state index contributed by atoms with van der Waals surface area (Å²) < 4.78 is 27.6. The van der Waals surface area contributed by atoms with Crippen molar-refractivity contribution in [3.8, 4) is 11.5 Å². The van der Waals surface area contributed by atoms with E-state index < -0.39 is 52.9 Å². The van der Waals surface area contributed by atoms with Gasteiger partial charge >= 0.3 is 5.97 Å². The fraction of sp³-hybridized carbons (Fsp3) is 0.429. The normalized spacial score (nSPS) is 29.1. The third-order valence-electron chi connectivity index (χ3n) is 4.41. The number of aromatic hydroxyl groups is 2. The van der Waals surface area contributed by atoms with Crippen LogP contribution in [0.2, 0.25) is 0 Å². The molecule has 2 saturated heterocycles. The van der Waals surface area contributed by atoms with Crippen LogP contribution in [-0.2, 0) is 16.0 Å². The minimum Gasteiger partial charge on any atom is -0.502 e. The SMILES string of the molecule is NC1C(=O)N2CC(Cc3cc(F)c(O)c(O)c3F)(C(=O)O)CS[C@H]12. The number of nitrogens with zero attached hydrogens (tertiary/aromatic N) is 1. The van der Waals surface area contributed by atoms with Crippen LogP contribution in [0.4, 0.5) is 8.78 Å². The van der Waals surface area contributed by atoms with Gasteiger partial charge in [-0.05, 0) is 18.1 Å². The van der Waals surface area contributed by atoms with Gasteiger partial charge < -0.3 is 26.0 Å². The molecule has 0 spiro atoms. The van der Waals surface area contributed by atoms with Gasteiger partial charge in [-0.15, -0.1) is 11.8 Å². The number of benzene rings is 1. The molecule has 24 heavy (non-hydrogen) atoms. The Labute approximate surface area is 139 Å². The standard InChI is InChI=1S/C14H14F2N2O5S/c15-6-1-5(7(16)10(20)9(6)19)2-14(13(22)23)3-18-11(21)8(17)12(18)24-4-14/h1,8,12,19-20H,2-4,17H2,(H,22,23)/t8?,12-,14?/m1/s1. The zero-order valence-corrected chi connectivity index (χ0v) is 13.0. The highest BCUT2D eigenvalue weighted by Crippen LogP contribution is 2.44. The van der Waals surface area contributed by atoms with E-state index in [1.807, 2.05) is 0 Å². The number of carbonyl (C=O) groups is 2. The molecule has 10 heteroatoms. The van der Waals surface area contributed by atoms with E-state index in [-0.39, 0.29) is 23.2 Å². The molecule has 130 valence electrons. The molecule has 3 rings (SSSR count). The summed E-state index contributed by atoms with van der Waals surface area (Å²) in [5, 5.41) is 27.9. The molecule has 0 aromatic heterocycles. The summed E-state index contributed by atoms with van der Waals surface area (Å²) in [7, 11) is 0. The maximum Gasteiger partial charge on any atom is 0.312 e. The Kier molecular flexibility index (Phi) is 3.83. The van der Waals surface area contributed by atoms with Crippen molar-refractivity contribution in [1.82, 2.24) is 4.90 Å². The lowest BCUT2D eigenvalue weighted by Crippen LogP contribution is -2.72. The Morgan fingerprint density at radius 2 is 2.08 bits per heavy atom. The highest BCUT2D eigenvalue weighted by Gasteiger charge is 2.56. The van der Waals surface area contributed by atoms with Crippen LogP contribution in [0.3, 0.4) is 0 Å². The van der Waals surface area contributed by atoms with Crippen molar-refractivity contribution in [3.63, 3.8) is 0 Å². The Morgan fingerprint density at radius 3 is 2.71 bits per heavy atom. The molecule has 2 fully saturated rings. The number of rotatable bonds is 3. The van der Waals surface area contributed by atoms with E-state index in [9.17, 15) is 33.7 Å². The first kappa shape index (κ1) is 16.8. The maximum absolute atomic E-state index is 14.1. The number of hydrogen-bond donors (Lipinski definition) is 4. The Morgan fingerprint density at radius 1 is 1.42 bits per heavy atom. The number of fused-ring (bicyclic) bond motifs is 1. The van der Waals surface area contributed by atoms with Gasteiger partial charge in [0.05, 0.1) is 5.41 Å². The van der Waals surface area contributed by atoms with Crippen molar-refractivity contribution in [1.29, 1.82) is 0 Å². The Balaban J connectivity index is 1.94. The van der Waals surface area contributed by atoms with Crippen molar-refractivity contribution >= 4 is 23.6 Å². The molecule has 0 aliphatic carbocycles. The fourth-order valence-electron chi connectivity index (χ4n) is 2.99. The number of amides is 1. The number of phenolic OH excluding ortho intramolecular Hbond substituents is 2. The fourth-order valence-corrected chi connectivity index (χ4v) is 4.48. The first-order chi connectivity index (χ1) is 11.2. The van der Waals surface area contributed by atoms with Crippen LogP contribution in [-0.4, -0.2) is 55.8 Å². The lowest BCUT2D eigenvalue weighted by molar-refractivity contribution is -0.156. The minimum absolute atomic E-state index is 0.0488. The predicted octanol–water partition coefficient (Wildman–Crippen LogP) is 0.232. The number of β-lactam (4-membered cyclic amide) rings is 1. The summed E-state index contributed by atoms with van der Waals surface area (Å²) in [6.07, 6.45) is -0.447. The second kappa shape index (κ2) is 5.49. The average Bonchev–Trinajstić information content (AvgIpc) is 2.56. The van der Waals surface area contributed by atoms with E-state index in [0.29, 0.717) is 6.07 Å². The molecular weight excluding hydrogens is 346 g/mol. The average molecular weight is 360 g/mol. The van der Waals surface area contributed by atoms with Crippen LogP contribution in [0.15, 0.2) is 6.07 Å². The summed E-state index contributed by atoms with van der Waals surface area (Å²) in [6.45, 7) is -0.185. The third-order valence-corrected chi connectivity index (χ3v) is 6.02. The van der Waals surface area contributed by atoms with Crippen LogP contribution in [0.1, 0.15) is 5.56 Å². The highest BCUT2D eigenvalue weighted by molar-refractivity contribution is 8.00. The largest absolute Gasteiger partial charge is 0.502 e. The van der Waals surface area contributed by atoms with Gasteiger partial charge in [-0.1, -0.05) is 0 Å². The van der Waals surface area contributed by atoms with E-state index in [0.717, 1.165) is 0 Å². The van der Waals surface area contributed by atoms with Crippen LogP contribution >= 0.6 is 11.8 Å². The number of carboxylic acids is 1. The van der Waals surface area contributed by atoms with Gasteiger partial charge in [0.15, 0.2) is 23.1 Å². The van der Waals surface area contributed by atoms with E-state index in [4.69, 9.17) is 5.73 Å². The lowest BCUT2D eigenvalue weighted by Gasteiger charge is -2.52. The predicted molar refractivity (Wildman–Crippen MR) is 79.4 cm³/mol. The van der Waals surface area contributed by atoms with E-state index in [1.54, 1.807) is 0 Å². The second-order valence-electron chi connectivity index (χ2n) is 5.98. The first-order valence-electron chi connectivity index (χ1n) is 6.98. The number of halogens is 2. The van der Waals surface area contributed by atoms with Crippen molar-refractivity contribution in [2.24, 2.45) is 11.1 Å². The minimum atomic E-state index is -1.55. The molecule has 5 N–H and O–H groups in total. The molecule has 0 radical (unpaired) electrons. The van der Waals surface area contributed by atoms with Gasteiger partial charge in [0.1, 0.15) is 11.4 Å². The molecule has 1 amide bonds. The topological polar surface area (TPSA) is 124 Å². The summed E-state index contributed by atoms with van der Waals surface area (Å²) >= 11 is 1.17. The molecule has 1 aromatic rings. The molecule has 3 atom stereocenters. The maximum atomic E-state index is 14.1. The number of hydrogen-bond acceptors (Lipinski definition) is 6. The van der Waals surface area contributed by atoms with Crippen molar-refractivity contribution in [3.05, 3.63) is 23.3 Å². The zero-order chi connectivity index (χ0) is 17.8. The van der Waals surface area contributed by atoms with Gasteiger partial charge in [0.25, 0.3) is 0 Å². The summed E-state index contributed by atoms with van der Waals surface area (Å²) in [5.41, 5.74) is 3.71. The zero-order valence-electron chi connectivity index (χ0n) is 12.2. The number of thioether (sulfide) groups is 1. The highest BCUT2D eigenvalue weighted by atomic mass is 32.2. The summed E-state index contributed by atoms with van der Waals surface area (Å²) in [6, 6.07) is -0.0381. The molecule has 7 nitrogen and oxygen atoms in total. The first-order valence-corrected chi connectivity index (χ1v) is 8.03. The van der Waals surface area contributed by atoms with Crippen LogP contribution in [0.25, 0.3) is 0 Å². The molecule has 0 bridgehead atoms. The van der Waals surface area contributed by atoms with Crippen LogP contribution in [0, 0.1) is 17.0 Å². The number of carbonyl (C=O) groups excluding carboxylic acids is 1. The van der Waals surface area contributed by atoms with Crippen molar-refractivity contribution < 1.29 is 33.7 Å². The van der Waals surface area contributed by atoms with Crippen LogP contribution in [0.5, 0.6) is 11.5 Å². The third kappa shape index (κ3) is 2.28. The number of aliphatic carboxylic acids is 1. The van der Waals surface area contributed by atoms with Crippen molar-refractivity contribution in [2.75, 3.05) is 12.3 Å². The molecular formula is C14H14F2N2O5S. The summed E-state index contributed by atoms with van der Waals surface area (Å²) in [5.74, 6) is -6.66. The van der Waals surface area contributed by atoms with Crippen molar-refractivity contribution in [2.45, 2.75) is 17.8 Å². The van der Waals surface area contributed by atoms with Crippen LogP contribution < -0.4 is 5.73 Å². The monoisotopic (exact) mass is 360 g/mol. The van der Waals surface area contributed by atoms with E-state index >= 15 is 0 Å². The van der Waals surface area contributed by atoms with Gasteiger partial charge in [-0.3, -0.25) is 9.59 Å². The number of nitrogens with two attached hydrogens (primary N) is 1. The summed E-state index contributed by atoms with van der Waals surface area (Å²) in [4.78, 5) is 24.9. The molecule has 1 aromatic carbocycles. The molecule has 0 saturated carbocycles. The smallest absolute Gasteiger partial charge is 0.312 e. The van der Waals surface area contributed by atoms with E-state index in [2.05, 4.69) is 0 Å².